The molecular formula is C17H21N3O4. The summed E-state index contributed by atoms with van der Waals surface area (Å²) in [6.45, 7) is 4.33. The Hall–Kier alpha value is -1.80. The summed E-state index contributed by atoms with van der Waals surface area (Å²) in [4.78, 5) is 0. The van der Waals surface area contributed by atoms with Crippen LogP contribution < -0.4 is 0 Å². The molecule has 0 unspecified atom stereocenters. The number of aromatic nitrogens is 3. The summed E-state index contributed by atoms with van der Waals surface area (Å²) in [6.07, 6.45) is 0.863. The molecular weight excluding hydrogens is 310 g/mol. The van der Waals surface area contributed by atoms with E-state index >= 15 is 0 Å². The van der Waals surface area contributed by atoms with Crippen molar-refractivity contribution in [1.29, 1.82) is 0 Å². The standard InChI is InChI=1S/C17H21N3O4/c1-17(2)23-14-13(22-16(21-3)15(14)24-17)10-20-9-12(18-19-20)11-7-5-4-6-8-11/h4-9,13-16H,10H2,1-3H3/t13-,14-,15-,16-/m1/s1. The number of hydrogen-bond acceptors (Lipinski definition) is 6. The van der Waals surface area contributed by atoms with Gasteiger partial charge in [0.2, 0.25) is 0 Å². The van der Waals surface area contributed by atoms with Gasteiger partial charge in [0.25, 0.3) is 0 Å². The van der Waals surface area contributed by atoms with Crippen molar-refractivity contribution in [2.45, 2.75) is 50.8 Å². The number of benzene rings is 1. The summed E-state index contributed by atoms with van der Waals surface area (Å²) in [5.41, 5.74) is 1.86. The Morgan fingerprint density at radius 3 is 2.67 bits per heavy atom. The zero-order chi connectivity index (χ0) is 16.7. The van der Waals surface area contributed by atoms with E-state index in [1.165, 1.54) is 0 Å². The Balaban J connectivity index is 1.50. The third-order valence-corrected chi connectivity index (χ3v) is 4.31. The molecule has 0 saturated carbocycles. The van der Waals surface area contributed by atoms with E-state index < -0.39 is 12.1 Å². The van der Waals surface area contributed by atoms with Crippen molar-refractivity contribution < 1.29 is 18.9 Å². The molecule has 0 N–H and O–H groups in total. The van der Waals surface area contributed by atoms with Crippen LogP contribution in [0.2, 0.25) is 0 Å². The molecule has 0 spiro atoms. The predicted octanol–water partition coefficient (Wildman–Crippen LogP) is 1.84. The Morgan fingerprint density at radius 1 is 1.17 bits per heavy atom. The normalized spacial score (nSPS) is 31.3. The van der Waals surface area contributed by atoms with Crippen LogP contribution >= 0.6 is 0 Å². The van der Waals surface area contributed by atoms with E-state index in [4.69, 9.17) is 18.9 Å². The van der Waals surface area contributed by atoms with Crippen LogP contribution in [0.25, 0.3) is 11.3 Å². The maximum atomic E-state index is 5.99. The Kier molecular flexibility index (Phi) is 3.88. The van der Waals surface area contributed by atoms with E-state index in [0.29, 0.717) is 6.54 Å². The summed E-state index contributed by atoms with van der Waals surface area (Å²) in [5.74, 6) is -0.633. The van der Waals surface area contributed by atoms with Gasteiger partial charge in [0.05, 0.1) is 12.7 Å². The molecule has 24 heavy (non-hydrogen) atoms. The monoisotopic (exact) mass is 331 g/mol. The van der Waals surface area contributed by atoms with E-state index in [-0.39, 0.29) is 18.3 Å². The van der Waals surface area contributed by atoms with Gasteiger partial charge in [-0.1, -0.05) is 35.5 Å². The lowest BCUT2D eigenvalue weighted by Crippen LogP contribution is -2.33. The first-order valence-electron chi connectivity index (χ1n) is 8.05. The lowest BCUT2D eigenvalue weighted by Gasteiger charge is -2.23. The quantitative estimate of drug-likeness (QED) is 0.851. The molecule has 2 aliphatic heterocycles. The van der Waals surface area contributed by atoms with Crippen LogP contribution in [0.3, 0.4) is 0 Å². The Morgan fingerprint density at radius 2 is 1.92 bits per heavy atom. The maximum absolute atomic E-state index is 5.99. The minimum Gasteiger partial charge on any atom is -0.353 e. The van der Waals surface area contributed by atoms with Crippen LogP contribution in [0.1, 0.15) is 13.8 Å². The molecule has 128 valence electrons. The van der Waals surface area contributed by atoms with Gasteiger partial charge < -0.3 is 18.9 Å². The average molecular weight is 331 g/mol. The number of methoxy groups -OCH3 is 1. The van der Waals surface area contributed by atoms with Gasteiger partial charge in [-0.25, -0.2) is 4.68 Å². The molecule has 2 aromatic rings. The second-order valence-corrected chi connectivity index (χ2v) is 6.54. The largest absolute Gasteiger partial charge is 0.353 e. The first kappa shape index (κ1) is 15.7. The van der Waals surface area contributed by atoms with Crippen molar-refractivity contribution in [2.24, 2.45) is 0 Å². The molecule has 1 aromatic carbocycles. The van der Waals surface area contributed by atoms with Gasteiger partial charge in [-0.3, -0.25) is 0 Å². The molecule has 2 saturated heterocycles. The van der Waals surface area contributed by atoms with E-state index in [2.05, 4.69) is 10.3 Å². The molecule has 7 heteroatoms. The fourth-order valence-corrected chi connectivity index (χ4v) is 3.29. The van der Waals surface area contributed by atoms with Crippen LogP contribution in [0, 0.1) is 0 Å². The summed E-state index contributed by atoms with van der Waals surface area (Å²) >= 11 is 0. The fourth-order valence-electron chi connectivity index (χ4n) is 3.29. The van der Waals surface area contributed by atoms with Crippen LogP contribution in [-0.4, -0.2) is 52.5 Å². The molecule has 0 radical (unpaired) electrons. The highest BCUT2D eigenvalue weighted by Crippen LogP contribution is 2.39. The predicted molar refractivity (Wildman–Crippen MR) is 85.0 cm³/mol. The van der Waals surface area contributed by atoms with Gasteiger partial charge in [-0.05, 0) is 13.8 Å². The van der Waals surface area contributed by atoms with E-state index in [9.17, 15) is 0 Å². The van der Waals surface area contributed by atoms with Crippen molar-refractivity contribution in [3.8, 4) is 11.3 Å². The minimum absolute atomic E-state index is 0.186. The summed E-state index contributed by atoms with van der Waals surface area (Å²) in [7, 11) is 1.61. The van der Waals surface area contributed by atoms with Gasteiger partial charge in [0, 0.05) is 12.7 Å². The zero-order valence-corrected chi connectivity index (χ0v) is 14.0. The van der Waals surface area contributed by atoms with E-state index in [1.54, 1.807) is 11.8 Å². The average Bonchev–Trinajstić information content (AvgIpc) is 3.23. The summed E-state index contributed by atoms with van der Waals surface area (Å²) < 4.78 is 25.0. The molecule has 1 aromatic heterocycles. The van der Waals surface area contributed by atoms with Gasteiger partial charge in [-0.15, -0.1) is 5.10 Å². The second kappa shape index (κ2) is 5.93. The third kappa shape index (κ3) is 2.84. The molecule has 3 heterocycles. The Labute approximate surface area is 140 Å². The molecule has 4 atom stereocenters. The van der Waals surface area contributed by atoms with E-state index in [0.717, 1.165) is 11.3 Å². The molecule has 0 amide bonds. The smallest absolute Gasteiger partial charge is 0.186 e. The van der Waals surface area contributed by atoms with Crippen molar-refractivity contribution in [3.05, 3.63) is 36.5 Å². The van der Waals surface area contributed by atoms with E-state index in [1.807, 2.05) is 50.4 Å². The topological polar surface area (TPSA) is 67.6 Å². The second-order valence-electron chi connectivity index (χ2n) is 6.54. The number of ether oxygens (including phenoxy) is 4. The fraction of sp³-hybridized carbons (Fsp3) is 0.529. The van der Waals surface area contributed by atoms with Crippen molar-refractivity contribution in [3.63, 3.8) is 0 Å². The molecule has 0 aliphatic carbocycles. The SMILES string of the molecule is CO[C@@H]1O[C@H](Cn2cc(-c3ccccc3)nn2)[C@H]2OC(C)(C)O[C@@H]12. The molecule has 7 nitrogen and oxygen atoms in total. The lowest BCUT2D eigenvalue weighted by molar-refractivity contribution is -0.228. The van der Waals surface area contributed by atoms with Gasteiger partial charge in [0.15, 0.2) is 12.1 Å². The van der Waals surface area contributed by atoms with Crippen LogP contribution in [0.4, 0.5) is 0 Å². The number of rotatable bonds is 4. The highest BCUT2D eigenvalue weighted by atomic mass is 16.8. The Bertz CT molecular complexity index is 703. The highest BCUT2D eigenvalue weighted by molar-refractivity contribution is 5.57. The van der Waals surface area contributed by atoms with Crippen molar-refractivity contribution in [2.75, 3.05) is 7.11 Å². The van der Waals surface area contributed by atoms with Crippen molar-refractivity contribution >= 4 is 0 Å². The van der Waals surface area contributed by atoms with Crippen molar-refractivity contribution in [1.82, 2.24) is 15.0 Å². The van der Waals surface area contributed by atoms with Crippen LogP contribution in [-0.2, 0) is 25.5 Å². The summed E-state index contributed by atoms with van der Waals surface area (Å²) in [5, 5.41) is 8.44. The van der Waals surface area contributed by atoms with Gasteiger partial charge in [-0.2, -0.15) is 0 Å². The number of hydrogen-bond donors (Lipinski definition) is 0. The first-order valence-corrected chi connectivity index (χ1v) is 8.05. The van der Waals surface area contributed by atoms with Gasteiger partial charge in [0.1, 0.15) is 24.0 Å². The van der Waals surface area contributed by atoms with Crippen LogP contribution in [0.15, 0.2) is 36.5 Å². The maximum Gasteiger partial charge on any atom is 0.186 e. The van der Waals surface area contributed by atoms with Gasteiger partial charge >= 0.3 is 0 Å². The zero-order valence-electron chi connectivity index (χ0n) is 14.0. The number of nitrogens with zero attached hydrogens (tertiary/aromatic N) is 3. The first-order chi connectivity index (χ1) is 11.6. The van der Waals surface area contributed by atoms with Crippen LogP contribution in [0.5, 0.6) is 0 Å². The minimum atomic E-state index is -0.633. The highest BCUT2D eigenvalue weighted by Gasteiger charge is 2.55. The molecule has 2 fully saturated rings. The lowest BCUT2D eigenvalue weighted by atomic mass is 10.1. The molecule has 0 bridgehead atoms. The third-order valence-electron chi connectivity index (χ3n) is 4.31. The summed E-state index contributed by atoms with van der Waals surface area (Å²) in [6, 6.07) is 9.95. The number of fused-ring (bicyclic) bond motifs is 1. The molecule has 4 rings (SSSR count). The molecule has 2 aliphatic rings.